The summed E-state index contributed by atoms with van der Waals surface area (Å²) in [6.07, 6.45) is 32.5. The molecule has 1 unspecified atom stereocenters. The molecule has 0 fully saturated rings. The van der Waals surface area contributed by atoms with E-state index in [4.69, 9.17) is 14.2 Å². The zero-order chi connectivity index (χ0) is 34.6. The van der Waals surface area contributed by atoms with Gasteiger partial charge in [-0.25, -0.2) is 0 Å². The van der Waals surface area contributed by atoms with Gasteiger partial charge in [-0.15, -0.1) is 0 Å². The molecule has 0 aromatic carbocycles. The van der Waals surface area contributed by atoms with E-state index in [-0.39, 0.29) is 31.1 Å². The average molecular weight is 667 g/mol. The van der Waals surface area contributed by atoms with Crippen LogP contribution in [0.5, 0.6) is 0 Å². The van der Waals surface area contributed by atoms with E-state index in [0.29, 0.717) is 19.3 Å². The van der Waals surface area contributed by atoms with E-state index in [1.54, 1.807) is 0 Å². The van der Waals surface area contributed by atoms with Crippen molar-refractivity contribution in [3.05, 3.63) is 0 Å². The van der Waals surface area contributed by atoms with Crippen LogP contribution < -0.4 is 0 Å². The number of ether oxygens (including phenoxy) is 3. The van der Waals surface area contributed by atoms with E-state index < -0.39 is 6.10 Å². The van der Waals surface area contributed by atoms with Crippen LogP contribution in [0.15, 0.2) is 0 Å². The predicted octanol–water partition coefficient (Wildman–Crippen LogP) is 12.4. The van der Waals surface area contributed by atoms with Crippen LogP contribution in [0.2, 0.25) is 0 Å². The van der Waals surface area contributed by atoms with Crippen molar-refractivity contribution in [3.8, 4) is 0 Å². The second-order valence-electron chi connectivity index (χ2n) is 14.2. The minimum Gasteiger partial charge on any atom is -0.462 e. The van der Waals surface area contributed by atoms with Crippen LogP contribution in [0.3, 0.4) is 0 Å². The molecule has 0 radical (unpaired) electrons. The van der Waals surface area contributed by atoms with Crippen molar-refractivity contribution in [2.45, 2.75) is 226 Å². The van der Waals surface area contributed by atoms with Gasteiger partial charge in [-0.3, -0.25) is 14.4 Å². The quantitative estimate of drug-likeness (QED) is 0.0376. The zero-order valence-electron chi connectivity index (χ0n) is 31.7. The minimum atomic E-state index is -0.756. The lowest BCUT2D eigenvalue weighted by atomic mass is 9.99. The topological polar surface area (TPSA) is 78.9 Å². The second kappa shape index (κ2) is 35.7. The number of hydrogen-bond acceptors (Lipinski definition) is 6. The second-order valence-corrected chi connectivity index (χ2v) is 14.2. The maximum atomic E-state index is 12.6. The fourth-order valence-electron chi connectivity index (χ4n) is 5.89. The van der Waals surface area contributed by atoms with E-state index in [1.165, 1.54) is 109 Å². The maximum Gasteiger partial charge on any atom is 0.306 e. The molecule has 0 saturated carbocycles. The number of hydrogen-bond donors (Lipinski definition) is 0. The van der Waals surface area contributed by atoms with Crippen molar-refractivity contribution in [3.63, 3.8) is 0 Å². The Labute approximate surface area is 291 Å². The summed E-state index contributed by atoms with van der Waals surface area (Å²) < 4.78 is 16.5. The zero-order valence-corrected chi connectivity index (χ0v) is 31.7. The smallest absolute Gasteiger partial charge is 0.306 e. The summed E-state index contributed by atoms with van der Waals surface area (Å²) in [6.45, 7) is 8.89. The van der Waals surface area contributed by atoms with Crippen molar-refractivity contribution in [2.75, 3.05) is 13.2 Å². The summed E-state index contributed by atoms with van der Waals surface area (Å²) in [5, 5.41) is 0. The van der Waals surface area contributed by atoms with Gasteiger partial charge in [-0.1, -0.05) is 182 Å². The van der Waals surface area contributed by atoms with Crippen LogP contribution in [0.4, 0.5) is 0 Å². The highest BCUT2D eigenvalue weighted by Crippen LogP contribution is 2.16. The Hall–Kier alpha value is -1.59. The van der Waals surface area contributed by atoms with Crippen molar-refractivity contribution in [1.82, 2.24) is 0 Å². The third kappa shape index (κ3) is 34.1. The molecule has 2 atom stereocenters. The molecular weight excluding hydrogens is 588 g/mol. The maximum absolute atomic E-state index is 12.6. The molecule has 0 aliphatic rings. The van der Waals surface area contributed by atoms with E-state index in [0.717, 1.165) is 70.1 Å². The molecule has 0 aliphatic heterocycles. The molecule has 47 heavy (non-hydrogen) atoms. The molecule has 0 heterocycles. The van der Waals surface area contributed by atoms with Gasteiger partial charge in [-0.05, 0) is 25.2 Å². The van der Waals surface area contributed by atoms with Gasteiger partial charge >= 0.3 is 17.9 Å². The lowest BCUT2D eigenvalue weighted by Gasteiger charge is -2.18. The van der Waals surface area contributed by atoms with Gasteiger partial charge in [0.1, 0.15) is 13.2 Å². The molecule has 0 aliphatic carbocycles. The molecule has 0 N–H and O–H groups in total. The third-order valence-electron chi connectivity index (χ3n) is 9.40. The third-order valence-corrected chi connectivity index (χ3v) is 9.40. The summed E-state index contributed by atoms with van der Waals surface area (Å²) in [7, 11) is 0. The average Bonchev–Trinajstić information content (AvgIpc) is 3.06. The Morgan fingerprint density at radius 3 is 1.11 bits per heavy atom. The van der Waals surface area contributed by atoms with Gasteiger partial charge in [0.25, 0.3) is 0 Å². The van der Waals surface area contributed by atoms with Gasteiger partial charge in [0.05, 0.1) is 0 Å². The number of carbonyl (C=O) groups is 3. The Morgan fingerprint density at radius 1 is 0.426 bits per heavy atom. The monoisotopic (exact) mass is 667 g/mol. The summed E-state index contributed by atoms with van der Waals surface area (Å²) in [6, 6.07) is 0. The van der Waals surface area contributed by atoms with Crippen LogP contribution in [0, 0.1) is 5.92 Å². The van der Waals surface area contributed by atoms with E-state index in [1.807, 2.05) is 0 Å². The highest BCUT2D eigenvalue weighted by atomic mass is 16.6. The number of rotatable bonds is 36. The number of esters is 3. The van der Waals surface area contributed by atoms with Crippen molar-refractivity contribution >= 4 is 17.9 Å². The summed E-state index contributed by atoms with van der Waals surface area (Å²) >= 11 is 0. The highest BCUT2D eigenvalue weighted by molar-refractivity contribution is 5.71. The number of unbranched alkanes of at least 4 members (excludes halogenated alkanes) is 22. The summed E-state index contributed by atoms with van der Waals surface area (Å²) in [5.74, 6) is -0.0282. The molecule has 0 amide bonds. The van der Waals surface area contributed by atoms with Gasteiger partial charge in [0, 0.05) is 19.3 Å². The van der Waals surface area contributed by atoms with Crippen molar-refractivity contribution in [1.29, 1.82) is 0 Å². The van der Waals surface area contributed by atoms with Gasteiger partial charge in [0.2, 0.25) is 0 Å². The minimum absolute atomic E-state index is 0.0660. The van der Waals surface area contributed by atoms with Gasteiger partial charge in [0.15, 0.2) is 6.10 Å². The largest absolute Gasteiger partial charge is 0.462 e. The Balaban J connectivity index is 4.26. The van der Waals surface area contributed by atoms with Gasteiger partial charge < -0.3 is 14.2 Å². The van der Waals surface area contributed by atoms with E-state index in [2.05, 4.69) is 27.7 Å². The molecule has 0 rings (SSSR count). The first-order valence-corrected chi connectivity index (χ1v) is 20.4. The highest BCUT2D eigenvalue weighted by Gasteiger charge is 2.19. The summed E-state index contributed by atoms with van der Waals surface area (Å²) in [4.78, 5) is 37.3. The molecular formula is C41H78O6. The first-order chi connectivity index (χ1) is 22.9. The summed E-state index contributed by atoms with van der Waals surface area (Å²) in [5.41, 5.74) is 0. The van der Waals surface area contributed by atoms with Crippen LogP contribution in [0.25, 0.3) is 0 Å². The first kappa shape index (κ1) is 45.4. The molecule has 0 aromatic rings. The fourth-order valence-corrected chi connectivity index (χ4v) is 5.89. The SMILES string of the molecule is CCCCCCCCCCCCCCC(=O)O[C@@H](COC(=O)CCCCCCC)COC(=O)CCCCCCCCCCC(C)CC. The van der Waals surface area contributed by atoms with Crippen LogP contribution in [-0.2, 0) is 28.6 Å². The van der Waals surface area contributed by atoms with E-state index >= 15 is 0 Å². The first-order valence-electron chi connectivity index (χ1n) is 20.4. The Morgan fingerprint density at radius 2 is 0.745 bits per heavy atom. The molecule has 0 aromatic heterocycles. The molecule has 0 saturated heterocycles. The Kier molecular flexibility index (Phi) is 34.5. The Bertz CT molecular complexity index is 708. The van der Waals surface area contributed by atoms with Crippen LogP contribution >= 0.6 is 0 Å². The predicted molar refractivity (Wildman–Crippen MR) is 196 cm³/mol. The van der Waals surface area contributed by atoms with Crippen molar-refractivity contribution in [2.24, 2.45) is 5.92 Å². The van der Waals surface area contributed by atoms with E-state index in [9.17, 15) is 14.4 Å². The van der Waals surface area contributed by atoms with Gasteiger partial charge in [-0.2, -0.15) is 0 Å². The molecule has 0 bridgehead atoms. The standard InChI is InChI=1S/C41H78O6/c1-5-8-10-12-13-14-15-16-17-22-26-30-34-41(44)47-38(35-45-39(42)32-28-23-11-9-6-2)36-46-40(43)33-29-25-21-19-18-20-24-27-31-37(4)7-3/h37-38H,5-36H2,1-4H3/t37?,38-/m0/s1. The lowest BCUT2D eigenvalue weighted by Crippen LogP contribution is -2.30. The lowest BCUT2D eigenvalue weighted by molar-refractivity contribution is -0.167. The number of carbonyl (C=O) groups excluding carboxylic acids is 3. The normalized spacial score (nSPS) is 12.5. The van der Waals surface area contributed by atoms with Crippen LogP contribution in [-0.4, -0.2) is 37.2 Å². The van der Waals surface area contributed by atoms with Crippen molar-refractivity contribution < 1.29 is 28.6 Å². The molecule has 278 valence electrons. The fraction of sp³-hybridized carbons (Fsp3) is 0.927. The van der Waals surface area contributed by atoms with Crippen LogP contribution in [0.1, 0.15) is 220 Å². The molecule has 6 heteroatoms. The molecule has 6 nitrogen and oxygen atoms in total. The molecule has 0 spiro atoms.